The molecule has 0 aliphatic carbocycles. The summed E-state index contributed by atoms with van der Waals surface area (Å²) in [6.07, 6.45) is 1.97. The highest BCUT2D eigenvalue weighted by molar-refractivity contribution is 6.09. The van der Waals surface area contributed by atoms with Crippen molar-refractivity contribution in [1.29, 1.82) is 0 Å². The number of carbonyl (C=O) groups is 2. The number of halogens is 1. The average molecular weight is 388 g/mol. The van der Waals surface area contributed by atoms with E-state index in [9.17, 15) is 14.0 Å². The van der Waals surface area contributed by atoms with Crippen molar-refractivity contribution in [3.05, 3.63) is 89.7 Å². The van der Waals surface area contributed by atoms with Gasteiger partial charge in [-0.1, -0.05) is 48.5 Å². The Morgan fingerprint density at radius 2 is 1.48 bits per heavy atom. The molecule has 4 nitrogen and oxygen atoms in total. The van der Waals surface area contributed by atoms with E-state index in [0.717, 1.165) is 31.5 Å². The lowest BCUT2D eigenvalue weighted by atomic mass is 10.0. The number of nitrogens with one attached hydrogen (secondary N) is 1. The Kier molecular flexibility index (Phi) is 5.38. The van der Waals surface area contributed by atoms with Crippen LogP contribution in [0.15, 0.2) is 72.8 Å². The molecule has 0 atom stereocenters. The minimum Gasteiger partial charge on any atom is -0.339 e. The van der Waals surface area contributed by atoms with E-state index in [1.54, 1.807) is 35.2 Å². The van der Waals surface area contributed by atoms with Crippen LogP contribution >= 0.6 is 0 Å². The smallest absolute Gasteiger partial charge is 0.258 e. The van der Waals surface area contributed by atoms with Crippen molar-refractivity contribution >= 4 is 17.5 Å². The highest BCUT2D eigenvalue weighted by Crippen LogP contribution is 2.24. The first-order valence-electron chi connectivity index (χ1n) is 9.68. The topological polar surface area (TPSA) is 49.4 Å². The van der Waals surface area contributed by atoms with Crippen LogP contribution in [0.5, 0.6) is 0 Å². The SMILES string of the molecule is O=C(Nc1ccccc1C(=O)N1CCCC1)c1ccc(-c2ccccc2)cc1F. The van der Waals surface area contributed by atoms with E-state index < -0.39 is 11.7 Å². The zero-order chi connectivity index (χ0) is 20.2. The molecule has 5 heteroatoms. The van der Waals surface area contributed by atoms with Crippen LogP contribution in [-0.4, -0.2) is 29.8 Å². The first-order valence-corrected chi connectivity index (χ1v) is 9.68. The number of hydrogen-bond donors (Lipinski definition) is 1. The van der Waals surface area contributed by atoms with Crippen LogP contribution in [0.3, 0.4) is 0 Å². The van der Waals surface area contributed by atoms with Gasteiger partial charge < -0.3 is 10.2 Å². The van der Waals surface area contributed by atoms with Gasteiger partial charge in [-0.05, 0) is 48.2 Å². The van der Waals surface area contributed by atoms with Gasteiger partial charge in [-0.25, -0.2) is 4.39 Å². The van der Waals surface area contributed by atoms with Crippen molar-refractivity contribution < 1.29 is 14.0 Å². The molecule has 1 aliphatic heterocycles. The summed E-state index contributed by atoms with van der Waals surface area (Å²) in [6.45, 7) is 1.44. The van der Waals surface area contributed by atoms with Gasteiger partial charge in [0.25, 0.3) is 11.8 Å². The molecule has 1 heterocycles. The van der Waals surface area contributed by atoms with Crippen LogP contribution < -0.4 is 5.32 Å². The van der Waals surface area contributed by atoms with Crippen LogP contribution in [0.1, 0.15) is 33.6 Å². The lowest BCUT2D eigenvalue weighted by molar-refractivity contribution is 0.0794. The van der Waals surface area contributed by atoms with Crippen molar-refractivity contribution in [1.82, 2.24) is 4.90 Å². The minimum absolute atomic E-state index is 0.0619. The van der Waals surface area contributed by atoms with E-state index in [1.165, 1.54) is 12.1 Å². The largest absolute Gasteiger partial charge is 0.339 e. The third-order valence-corrected chi connectivity index (χ3v) is 5.12. The highest BCUT2D eigenvalue weighted by atomic mass is 19.1. The van der Waals surface area contributed by atoms with Crippen molar-refractivity contribution in [3.8, 4) is 11.1 Å². The van der Waals surface area contributed by atoms with Crippen LogP contribution in [0.2, 0.25) is 0 Å². The second-order valence-electron chi connectivity index (χ2n) is 7.06. The molecular formula is C24H21FN2O2. The van der Waals surface area contributed by atoms with Gasteiger partial charge in [-0.2, -0.15) is 0 Å². The summed E-state index contributed by atoms with van der Waals surface area (Å²) in [5.74, 6) is -1.30. The number of rotatable bonds is 4. The molecule has 0 bridgehead atoms. The maximum atomic E-state index is 14.7. The van der Waals surface area contributed by atoms with Crippen LogP contribution in [0.25, 0.3) is 11.1 Å². The second-order valence-corrected chi connectivity index (χ2v) is 7.06. The predicted molar refractivity (Wildman–Crippen MR) is 111 cm³/mol. The van der Waals surface area contributed by atoms with Gasteiger partial charge in [-0.3, -0.25) is 9.59 Å². The van der Waals surface area contributed by atoms with Crippen molar-refractivity contribution in [2.24, 2.45) is 0 Å². The van der Waals surface area contributed by atoms with Gasteiger partial charge >= 0.3 is 0 Å². The maximum Gasteiger partial charge on any atom is 0.258 e. The van der Waals surface area contributed by atoms with Gasteiger partial charge in [0.15, 0.2) is 0 Å². The Labute approximate surface area is 169 Å². The summed E-state index contributed by atoms with van der Waals surface area (Å²) in [5, 5.41) is 2.70. The Bertz CT molecular complexity index is 1040. The fourth-order valence-electron chi connectivity index (χ4n) is 3.57. The lowest BCUT2D eigenvalue weighted by Crippen LogP contribution is -2.28. The molecule has 3 aromatic rings. The van der Waals surface area contributed by atoms with E-state index >= 15 is 0 Å². The molecule has 1 saturated heterocycles. The molecule has 0 aromatic heterocycles. The first-order chi connectivity index (χ1) is 14.1. The van der Waals surface area contributed by atoms with Crippen molar-refractivity contribution in [2.45, 2.75) is 12.8 Å². The predicted octanol–water partition coefficient (Wildman–Crippen LogP) is 4.98. The summed E-state index contributed by atoms with van der Waals surface area (Å²) in [4.78, 5) is 27.2. The molecule has 0 radical (unpaired) electrons. The highest BCUT2D eigenvalue weighted by Gasteiger charge is 2.23. The molecule has 1 fully saturated rings. The third-order valence-electron chi connectivity index (χ3n) is 5.12. The Balaban J connectivity index is 1.56. The number of hydrogen-bond acceptors (Lipinski definition) is 2. The number of anilines is 1. The Morgan fingerprint density at radius 1 is 0.793 bits per heavy atom. The first kappa shape index (κ1) is 18.9. The zero-order valence-corrected chi connectivity index (χ0v) is 15.9. The summed E-state index contributed by atoms with van der Waals surface area (Å²) in [7, 11) is 0. The van der Waals surface area contributed by atoms with Gasteiger partial charge in [0.05, 0.1) is 16.8 Å². The number of likely N-dealkylation sites (tertiary alicyclic amines) is 1. The minimum atomic E-state index is -0.604. The van der Waals surface area contributed by atoms with E-state index in [-0.39, 0.29) is 11.5 Å². The van der Waals surface area contributed by atoms with E-state index in [0.29, 0.717) is 16.8 Å². The normalized spacial score (nSPS) is 13.3. The summed E-state index contributed by atoms with van der Waals surface area (Å²) >= 11 is 0. The molecule has 0 spiro atoms. The standard InChI is InChI=1S/C24H21FN2O2/c25-21-16-18(17-8-2-1-3-9-17)12-13-19(21)23(28)26-22-11-5-4-10-20(22)24(29)27-14-6-7-15-27/h1-5,8-13,16H,6-7,14-15H2,(H,26,28). The Morgan fingerprint density at radius 3 is 2.21 bits per heavy atom. The average Bonchev–Trinajstić information content (AvgIpc) is 3.29. The molecule has 2 amide bonds. The number of benzene rings is 3. The molecule has 146 valence electrons. The number of amides is 2. The Hall–Kier alpha value is -3.47. The summed E-state index contributed by atoms with van der Waals surface area (Å²) < 4.78 is 14.7. The molecule has 0 unspecified atom stereocenters. The fourth-order valence-corrected chi connectivity index (χ4v) is 3.57. The van der Waals surface area contributed by atoms with E-state index in [1.807, 2.05) is 30.3 Å². The van der Waals surface area contributed by atoms with Crippen LogP contribution in [-0.2, 0) is 0 Å². The number of carbonyl (C=O) groups excluding carboxylic acids is 2. The molecule has 29 heavy (non-hydrogen) atoms. The fraction of sp³-hybridized carbons (Fsp3) is 0.167. The molecule has 3 aromatic carbocycles. The van der Waals surface area contributed by atoms with Gasteiger partial charge in [0.1, 0.15) is 5.82 Å². The summed E-state index contributed by atoms with van der Waals surface area (Å²) in [5.41, 5.74) is 2.32. The molecule has 4 rings (SSSR count). The molecule has 0 saturated carbocycles. The third kappa shape index (κ3) is 4.04. The van der Waals surface area contributed by atoms with E-state index in [4.69, 9.17) is 0 Å². The lowest BCUT2D eigenvalue weighted by Gasteiger charge is -2.18. The zero-order valence-electron chi connectivity index (χ0n) is 15.9. The van der Waals surface area contributed by atoms with Crippen LogP contribution in [0.4, 0.5) is 10.1 Å². The summed E-state index contributed by atoms with van der Waals surface area (Å²) in [6, 6.07) is 20.8. The maximum absolute atomic E-state index is 14.7. The number of nitrogens with zero attached hydrogens (tertiary/aromatic N) is 1. The van der Waals surface area contributed by atoms with Gasteiger partial charge in [-0.15, -0.1) is 0 Å². The molecular weight excluding hydrogens is 367 g/mol. The number of para-hydroxylation sites is 1. The molecule has 1 aliphatic rings. The van der Waals surface area contributed by atoms with E-state index in [2.05, 4.69) is 5.32 Å². The second kappa shape index (κ2) is 8.27. The monoisotopic (exact) mass is 388 g/mol. The van der Waals surface area contributed by atoms with Crippen molar-refractivity contribution in [2.75, 3.05) is 18.4 Å². The quantitative estimate of drug-likeness (QED) is 0.685. The van der Waals surface area contributed by atoms with Gasteiger partial charge in [0, 0.05) is 13.1 Å². The van der Waals surface area contributed by atoms with Crippen LogP contribution in [0, 0.1) is 5.82 Å². The van der Waals surface area contributed by atoms with Crippen molar-refractivity contribution in [3.63, 3.8) is 0 Å². The molecule has 1 N–H and O–H groups in total. The van der Waals surface area contributed by atoms with Gasteiger partial charge in [0.2, 0.25) is 0 Å².